The van der Waals surface area contributed by atoms with E-state index >= 15 is 0 Å². The number of amides is 1. The highest BCUT2D eigenvalue weighted by Crippen LogP contribution is 2.18. The van der Waals surface area contributed by atoms with Crippen LogP contribution in [0.25, 0.3) is 0 Å². The second-order valence-corrected chi connectivity index (χ2v) is 3.96. The van der Waals surface area contributed by atoms with E-state index < -0.39 is 12.0 Å². The molecule has 0 aliphatic carbocycles. The van der Waals surface area contributed by atoms with Crippen LogP contribution in [0.15, 0.2) is 0 Å². The summed E-state index contributed by atoms with van der Waals surface area (Å²) in [6, 6.07) is -0.502. The number of aliphatic carboxylic acids is 1. The third kappa shape index (κ3) is 2.92. The maximum atomic E-state index is 11.4. The Labute approximate surface area is 89.4 Å². The molecule has 1 rings (SSSR count). The smallest absolute Gasteiger partial charge is 0.320 e. The second-order valence-electron chi connectivity index (χ2n) is 3.96. The molecule has 15 heavy (non-hydrogen) atoms. The number of nitrogens with zero attached hydrogens (tertiary/aromatic N) is 1. The molecule has 0 aromatic heterocycles. The Morgan fingerprint density at radius 1 is 1.53 bits per heavy atom. The maximum absolute atomic E-state index is 11.4. The molecule has 2 N–H and O–H groups in total. The van der Waals surface area contributed by atoms with Gasteiger partial charge in [-0.2, -0.15) is 0 Å². The number of carbonyl (C=O) groups is 2. The number of carboxylic acids is 1. The van der Waals surface area contributed by atoms with Gasteiger partial charge in [-0.3, -0.25) is 14.5 Å². The molecule has 0 aromatic carbocycles. The molecule has 5 nitrogen and oxygen atoms in total. The van der Waals surface area contributed by atoms with E-state index in [0.29, 0.717) is 6.54 Å². The lowest BCUT2D eigenvalue weighted by atomic mass is 9.96. The number of carboxylic acid groups (broad SMARTS) is 1. The number of carbonyl (C=O) groups excluding carboxylic acids is 1. The Morgan fingerprint density at radius 3 is 2.73 bits per heavy atom. The van der Waals surface area contributed by atoms with Crippen LogP contribution in [0.5, 0.6) is 0 Å². The zero-order valence-corrected chi connectivity index (χ0v) is 9.19. The molecule has 5 heteroatoms. The first-order valence-corrected chi connectivity index (χ1v) is 5.24. The van der Waals surface area contributed by atoms with Crippen LogP contribution in [0.2, 0.25) is 0 Å². The lowest BCUT2D eigenvalue weighted by Gasteiger charge is -2.34. The second kappa shape index (κ2) is 5.11. The molecule has 1 heterocycles. The van der Waals surface area contributed by atoms with Gasteiger partial charge in [0.25, 0.3) is 0 Å². The lowest BCUT2D eigenvalue weighted by Crippen LogP contribution is -2.48. The number of piperidine rings is 1. The summed E-state index contributed by atoms with van der Waals surface area (Å²) in [6.07, 6.45) is 1.73. The minimum Gasteiger partial charge on any atom is -0.480 e. The maximum Gasteiger partial charge on any atom is 0.320 e. The lowest BCUT2D eigenvalue weighted by molar-refractivity contribution is -0.144. The summed E-state index contributed by atoms with van der Waals surface area (Å²) in [5.41, 5.74) is 0. The van der Waals surface area contributed by atoms with Crippen LogP contribution in [0.4, 0.5) is 0 Å². The summed E-state index contributed by atoms with van der Waals surface area (Å²) >= 11 is 0. The van der Waals surface area contributed by atoms with E-state index in [1.54, 1.807) is 14.0 Å². The van der Waals surface area contributed by atoms with Crippen molar-refractivity contribution in [2.45, 2.75) is 25.8 Å². The number of rotatable bonds is 3. The Kier molecular flexibility index (Phi) is 4.08. The number of likely N-dealkylation sites (tertiary alicyclic amines) is 1. The van der Waals surface area contributed by atoms with Gasteiger partial charge < -0.3 is 10.4 Å². The van der Waals surface area contributed by atoms with Gasteiger partial charge in [0, 0.05) is 13.6 Å². The predicted molar refractivity (Wildman–Crippen MR) is 55.5 cm³/mol. The van der Waals surface area contributed by atoms with Crippen LogP contribution in [0.1, 0.15) is 19.8 Å². The van der Waals surface area contributed by atoms with E-state index in [2.05, 4.69) is 5.32 Å². The van der Waals surface area contributed by atoms with Crippen molar-refractivity contribution < 1.29 is 14.7 Å². The van der Waals surface area contributed by atoms with Crippen molar-refractivity contribution in [1.29, 1.82) is 0 Å². The Morgan fingerprint density at radius 2 is 2.20 bits per heavy atom. The van der Waals surface area contributed by atoms with Crippen LogP contribution in [0, 0.1) is 5.92 Å². The summed E-state index contributed by atoms with van der Waals surface area (Å²) in [7, 11) is 1.61. The van der Waals surface area contributed by atoms with Gasteiger partial charge in [-0.05, 0) is 26.3 Å². The molecule has 0 bridgehead atoms. The van der Waals surface area contributed by atoms with E-state index in [1.807, 2.05) is 4.90 Å². The monoisotopic (exact) mass is 214 g/mol. The van der Waals surface area contributed by atoms with Crippen molar-refractivity contribution in [1.82, 2.24) is 10.2 Å². The van der Waals surface area contributed by atoms with Gasteiger partial charge in [-0.25, -0.2) is 0 Å². The van der Waals surface area contributed by atoms with Gasteiger partial charge in [0.05, 0.1) is 5.92 Å². The van der Waals surface area contributed by atoms with Gasteiger partial charge in [0.1, 0.15) is 6.04 Å². The average Bonchev–Trinajstić information content (AvgIpc) is 2.27. The van der Waals surface area contributed by atoms with Crippen LogP contribution >= 0.6 is 0 Å². The third-order valence-corrected chi connectivity index (χ3v) is 2.98. The Hall–Kier alpha value is -1.10. The molecule has 1 saturated heterocycles. The van der Waals surface area contributed by atoms with Crippen molar-refractivity contribution >= 4 is 11.9 Å². The van der Waals surface area contributed by atoms with Gasteiger partial charge >= 0.3 is 5.97 Å². The highest BCUT2D eigenvalue weighted by molar-refractivity contribution is 5.79. The summed E-state index contributed by atoms with van der Waals surface area (Å²) in [4.78, 5) is 24.1. The van der Waals surface area contributed by atoms with Gasteiger partial charge in [0.15, 0.2) is 0 Å². The topological polar surface area (TPSA) is 69.6 Å². The van der Waals surface area contributed by atoms with Crippen LogP contribution in [-0.4, -0.2) is 48.1 Å². The average molecular weight is 214 g/mol. The van der Waals surface area contributed by atoms with E-state index in [4.69, 9.17) is 5.11 Å². The van der Waals surface area contributed by atoms with Crippen molar-refractivity contribution in [2.24, 2.45) is 5.92 Å². The highest BCUT2D eigenvalue weighted by Gasteiger charge is 2.29. The van der Waals surface area contributed by atoms with Crippen LogP contribution < -0.4 is 5.32 Å². The molecule has 0 aromatic rings. The first-order chi connectivity index (χ1) is 7.06. The molecule has 1 aliphatic heterocycles. The number of hydrogen-bond acceptors (Lipinski definition) is 3. The quantitative estimate of drug-likeness (QED) is 0.689. The van der Waals surface area contributed by atoms with Crippen molar-refractivity contribution in [3.8, 4) is 0 Å². The number of hydrogen-bond donors (Lipinski definition) is 2. The minimum absolute atomic E-state index is 0.0114. The molecule has 86 valence electrons. The van der Waals surface area contributed by atoms with Gasteiger partial charge in [-0.15, -0.1) is 0 Å². The van der Waals surface area contributed by atoms with Crippen LogP contribution in [0.3, 0.4) is 0 Å². The molecule has 1 fully saturated rings. The first-order valence-electron chi connectivity index (χ1n) is 5.24. The summed E-state index contributed by atoms with van der Waals surface area (Å²) in [5, 5.41) is 11.5. The molecule has 1 amide bonds. The van der Waals surface area contributed by atoms with E-state index in [9.17, 15) is 9.59 Å². The molecular weight excluding hydrogens is 196 g/mol. The fraction of sp³-hybridized carbons (Fsp3) is 0.800. The first kappa shape index (κ1) is 12.0. The van der Waals surface area contributed by atoms with Gasteiger partial charge in [-0.1, -0.05) is 0 Å². The highest BCUT2D eigenvalue weighted by atomic mass is 16.4. The summed E-state index contributed by atoms with van der Waals surface area (Å²) in [6.45, 7) is 2.97. The normalized spacial score (nSPS) is 24.5. The number of nitrogens with one attached hydrogen (secondary N) is 1. The molecule has 0 spiro atoms. The summed E-state index contributed by atoms with van der Waals surface area (Å²) in [5.74, 6) is -0.879. The van der Waals surface area contributed by atoms with E-state index in [0.717, 1.165) is 19.4 Å². The molecular formula is C10H18N2O3. The minimum atomic E-state index is -0.826. The summed E-state index contributed by atoms with van der Waals surface area (Å²) < 4.78 is 0. The Bertz CT molecular complexity index is 255. The zero-order chi connectivity index (χ0) is 11.4. The molecule has 2 atom stereocenters. The predicted octanol–water partition coefficient (Wildman–Crippen LogP) is -0.0825. The van der Waals surface area contributed by atoms with Crippen molar-refractivity contribution in [2.75, 3.05) is 20.1 Å². The Balaban J connectivity index is 2.56. The third-order valence-electron chi connectivity index (χ3n) is 2.98. The molecule has 0 radical (unpaired) electrons. The standard InChI is InChI=1S/C10H18N2O3/c1-7(10(14)15)12-5-3-4-8(6-12)9(13)11-2/h7-8H,3-6H2,1-2H3,(H,11,13)(H,14,15). The van der Waals surface area contributed by atoms with Gasteiger partial charge in [0.2, 0.25) is 5.91 Å². The SMILES string of the molecule is CNC(=O)C1CCCN(C(C)C(=O)O)C1. The molecule has 0 saturated carbocycles. The molecule has 1 aliphatic rings. The van der Waals surface area contributed by atoms with E-state index in [-0.39, 0.29) is 11.8 Å². The van der Waals surface area contributed by atoms with Crippen molar-refractivity contribution in [3.05, 3.63) is 0 Å². The van der Waals surface area contributed by atoms with Crippen LogP contribution in [-0.2, 0) is 9.59 Å². The molecule has 2 unspecified atom stereocenters. The van der Waals surface area contributed by atoms with E-state index in [1.165, 1.54) is 0 Å². The fourth-order valence-corrected chi connectivity index (χ4v) is 1.93. The largest absolute Gasteiger partial charge is 0.480 e. The zero-order valence-electron chi connectivity index (χ0n) is 9.19. The van der Waals surface area contributed by atoms with Crippen molar-refractivity contribution in [3.63, 3.8) is 0 Å². The fourth-order valence-electron chi connectivity index (χ4n) is 1.93.